The van der Waals surface area contributed by atoms with Crippen LogP contribution in [0.3, 0.4) is 0 Å². The number of hydrogen-bond donors (Lipinski definition) is 1. The number of amides is 1. The van der Waals surface area contributed by atoms with E-state index in [2.05, 4.69) is 34.6 Å². The van der Waals surface area contributed by atoms with Crippen LogP contribution in [0.1, 0.15) is 22.8 Å². The van der Waals surface area contributed by atoms with Crippen LogP contribution in [0.15, 0.2) is 77.6 Å². The largest absolute Gasteiger partial charge is 0.338 e. The lowest BCUT2D eigenvalue weighted by Crippen LogP contribution is -2.11. The average molecular weight is 358 g/mol. The molecule has 0 radical (unpaired) electrons. The Bertz CT molecular complexity index is 1030. The molecule has 0 bridgehead atoms. The van der Waals surface area contributed by atoms with Crippen molar-refractivity contribution < 1.29 is 9.32 Å². The van der Waals surface area contributed by atoms with Crippen molar-refractivity contribution in [2.75, 3.05) is 5.32 Å². The molecule has 0 aliphatic carbocycles. The second kappa shape index (κ2) is 7.29. The number of carbonyl (C=O) groups excluding carboxylic acids is 1. The topological polar surface area (TPSA) is 73.0 Å². The van der Waals surface area contributed by atoms with Gasteiger partial charge in [0.15, 0.2) is 0 Å². The lowest BCUT2D eigenvalue weighted by atomic mass is 10.1. The van der Waals surface area contributed by atoms with Crippen molar-refractivity contribution in [1.29, 1.82) is 0 Å². The summed E-state index contributed by atoms with van der Waals surface area (Å²) in [5, 5.41) is 10.9. The van der Waals surface area contributed by atoms with Crippen molar-refractivity contribution in [3.8, 4) is 16.9 Å². The van der Waals surface area contributed by atoms with Crippen LogP contribution in [-0.2, 0) is 6.42 Å². The minimum absolute atomic E-state index is 0.258. The molecule has 2 aromatic carbocycles. The molecule has 0 atom stereocenters. The van der Waals surface area contributed by atoms with Gasteiger partial charge in [-0.05, 0) is 42.3 Å². The van der Waals surface area contributed by atoms with E-state index in [1.807, 2.05) is 36.5 Å². The maximum atomic E-state index is 12.4. The van der Waals surface area contributed by atoms with Gasteiger partial charge in [-0.15, -0.1) is 0 Å². The number of anilines is 1. The Morgan fingerprint density at radius 2 is 1.89 bits per heavy atom. The lowest BCUT2D eigenvalue weighted by molar-refractivity contribution is 0.102. The van der Waals surface area contributed by atoms with Gasteiger partial charge < -0.3 is 4.52 Å². The molecule has 0 spiro atoms. The standard InChI is InChI=1S/C21H18N4O2/c1-2-15-4-6-16(7-5-15)19-14-20(27-24-19)23-21(26)17-8-10-18(11-9-17)25-13-3-12-22-25/h3-14H,2H2,1H3,(H,23,26). The molecular weight excluding hydrogens is 340 g/mol. The predicted octanol–water partition coefficient (Wildman–Crippen LogP) is 4.34. The Kier molecular flexibility index (Phi) is 4.53. The van der Waals surface area contributed by atoms with E-state index in [1.54, 1.807) is 29.1 Å². The number of benzene rings is 2. The van der Waals surface area contributed by atoms with Crippen molar-refractivity contribution in [2.45, 2.75) is 13.3 Å². The van der Waals surface area contributed by atoms with E-state index >= 15 is 0 Å². The molecule has 0 aliphatic heterocycles. The summed E-state index contributed by atoms with van der Waals surface area (Å²) < 4.78 is 6.98. The fourth-order valence-electron chi connectivity index (χ4n) is 2.75. The Morgan fingerprint density at radius 1 is 1.11 bits per heavy atom. The molecule has 27 heavy (non-hydrogen) atoms. The van der Waals surface area contributed by atoms with E-state index in [9.17, 15) is 4.79 Å². The van der Waals surface area contributed by atoms with Gasteiger partial charge in [-0.25, -0.2) is 4.68 Å². The van der Waals surface area contributed by atoms with Gasteiger partial charge in [-0.2, -0.15) is 5.10 Å². The second-order valence-corrected chi connectivity index (χ2v) is 6.08. The van der Waals surface area contributed by atoms with Gasteiger partial charge in [0.2, 0.25) is 5.88 Å². The summed E-state index contributed by atoms with van der Waals surface area (Å²) in [6, 6.07) is 18.8. The molecule has 0 unspecified atom stereocenters. The van der Waals surface area contributed by atoms with Crippen molar-refractivity contribution in [3.05, 3.63) is 84.2 Å². The van der Waals surface area contributed by atoms with E-state index in [1.165, 1.54) is 5.56 Å². The maximum Gasteiger partial charge on any atom is 0.258 e. The van der Waals surface area contributed by atoms with E-state index in [4.69, 9.17) is 4.52 Å². The molecular formula is C21H18N4O2. The Balaban J connectivity index is 1.46. The smallest absolute Gasteiger partial charge is 0.258 e. The van der Waals surface area contributed by atoms with Crippen LogP contribution in [-0.4, -0.2) is 20.8 Å². The highest BCUT2D eigenvalue weighted by molar-refractivity contribution is 6.03. The summed E-state index contributed by atoms with van der Waals surface area (Å²) in [6.07, 6.45) is 4.54. The minimum atomic E-state index is -0.258. The fourth-order valence-corrected chi connectivity index (χ4v) is 2.75. The Labute approximate surface area is 156 Å². The summed E-state index contributed by atoms with van der Waals surface area (Å²) in [4.78, 5) is 12.4. The van der Waals surface area contributed by atoms with Gasteiger partial charge in [0, 0.05) is 29.6 Å². The number of nitrogens with one attached hydrogen (secondary N) is 1. The number of nitrogens with zero attached hydrogens (tertiary/aromatic N) is 3. The summed E-state index contributed by atoms with van der Waals surface area (Å²) >= 11 is 0. The normalized spacial score (nSPS) is 10.7. The molecule has 0 saturated carbocycles. The zero-order valence-electron chi connectivity index (χ0n) is 14.8. The first-order valence-corrected chi connectivity index (χ1v) is 8.70. The maximum absolute atomic E-state index is 12.4. The first-order chi connectivity index (χ1) is 13.2. The zero-order valence-corrected chi connectivity index (χ0v) is 14.8. The third kappa shape index (κ3) is 3.64. The monoisotopic (exact) mass is 358 g/mol. The highest BCUT2D eigenvalue weighted by Crippen LogP contribution is 2.22. The molecule has 134 valence electrons. The SMILES string of the molecule is CCc1ccc(-c2cc(NC(=O)c3ccc(-n4cccn4)cc3)on2)cc1. The number of aromatic nitrogens is 3. The van der Waals surface area contributed by atoms with E-state index < -0.39 is 0 Å². The average Bonchev–Trinajstić information content (AvgIpc) is 3.40. The number of aryl methyl sites for hydroxylation is 1. The fraction of sp³-hybridized carbons (Fsp3) is 0.0952. The van der Waals surface area contributed by atoms with Crippen LogP contribution in [0.25, 0.3) is 16.9 Å². The minimum Gasteiger partial charge on any atom is -0.338 e. The number of rotatable bonds is 5. The van der Waals surface area contributed by atoms with Gasteiger partial charge >= 0.3 is 0 Å². The molecule has 0 aliphatic rings. The molecule has 0 saturated heterocycles. The second-order valence-electron chi connectivity index (χ2n) is 6.08. The van der Waals surface area contributed by atoms with Gasteiger partial charge in [0.1, 0.15) is 5.69 Å². The summed E-state index contributed by atoms with van der Waals surface area (Å²) in [6.45, 7) is 2.11. The molecule has 4 rings (SSSR count). The zero-order chi connectivity index (χ0) is 18.6. The van der Waals surface area contributed by atoms with Crippen LogP contribution in [0, 0.1) is 0 Å². The molecule has 0 fully saturated rings. The van der Waals surface area contributed by atoms with Crippen molar-refractivity contribution >= 4 is 11.8 Å². The molecule has 4 aromatic rings. The van der Waals surface area contributed by atoms with E-state index in [0.29, 0.717) is 17.1 Å². The van der Waals surface area contributed by atoms with Crippen molar-refractivity contribution in [1.82, 2.24) is 14.9 Å². The molecule has 1 N–H and O–H groups in total. The lowest BCUT2D eigenvalue weighted by Gasteiger charge is -2.04. The first kappa shape index (κ1) is 16.8. The molecule has 6 heteroatoms. The van der Waals surface area contributed by atoms with Gasteiger partial charge in [0.05, 0.1) is 5.69 Å². The summed E-state index contributed by atoms with van der Waals surface area (Å²) in [7, 11) is 0. The van der Waals surface area contributed by atoms with Crippen molar-refractivity contribution in [3.63, 3.8) is 0 Å². The van der Waals surface area contributed by atoms with E-state index in [-0.39, 0.29) is 5.91 Å². The van der Waals surface area contributed by atoms with Gasteiger partial charge in [-0.1, -0.05) is 36.3 Å². The molecule has 6 nitrogen and oxygen atoms in total. The van der Waals surface area contributed by atoms with Gasteiger partial charge in [-0.3, -0.25) is 10.1 Å². The Morgan fingerprint density at radius 3 is 2.56 bits per heavy atom. The third-order valence-corrected chi connectivity index (χ3v) is 4.30. The van der Waals surface area contributed by atoms with Crippen LogP contribution in [0.4, 0.5) is 5.88 Å². The van der Waals surface area contributed by atoms with Crippen LogP contribution in [0.5, 0.6) is 0 Å². The summed E-state index contributed by atoms with van der Waals surface area (Å²) in [5.74, 6) is 0.0526. The van der Waals surface area contributed by atoms with Crippen LogP contribution < -0.4 is 5.32 Å². The molecule has 2 heterocycles. The van der Waals surface area contributed by atoms with Crippen molar-refractivity contribution in [2.24, 2.45) is 0 Å². The first-order valence-electron chi connectivity index (χ1n) is 8.70. The quantitative estimate of drug-likeness (QED) is 0.576. The third-order valence-electron chi connectivity index (χ3n) is 4.30. The number of carbonyl (C=O) groups is 1. The van der Waals surface area contributed by atoms with E-state index in [0.717, 1.165) is 17.7 Å². The predicted molar refractivity (Wildman–Crippen MR) is 103 cm³/mol. The van der Waals surface area contributed by atoms with Gasteiger partial charge in [0.25, 0.3) is 5.91 Å². The number of hydrogen-bond acceptors (Lipinski definition) is 4. The highest BCUT2D eigenvalue weighted by Gasteiger charge is 2.11. The van der Waals surface area contributed by atoms with Crippen LogP contribution in [0.2, 0.25) is 0 Å². The Hall–Kier alpha value is -3.67. The molecule has 2 aromatic heterocycles. The summed E-state index contributed by atoms with van der Waals surface area (Å²) in [5.41, 5.74) is 4.29. The van der Waals surface area contributed by atoms with Crippen LogP contribution >= 0.6 is 0 Å². The highest BCUT2D eigenvalue weighted by atomic mass is 16.5. The molecule has 1 amide bonds.